The van der Waals surface area contributed by atoms with Crippen LogP contribution in [0.2, 0.25) is 0 Å². The fourth-order valence-corrected chi connectivity index (χ4v) is 2.20. The van der Waals surface area contributed by atoms with Crippen molar-refractivity contribution >= 4 is 16.7 Å². The summed E-state index contributed by atoms with van der Waals surface area (Å²) in [4.78, 5) is 15.4. The molecule has 0 saturated carbocycles. The molecule has 3 rings (SSSR count). The van der Waals surface area contributed by atoms with Gasteiger partial charge in [0.15, 0.2) is 5.75 Å². The van der Waals surface area contributed by atoms with Crippen molar-refractivity contribution in [2.75, 3.05) is 7.11 Å². The number of ketones is 1. The second-order valence-electron chi connectivity index (χ2n) is 4.46. The van der Waals surface area contributed by atoms with Gasteiger partial charge in [-0.1, -0.05) is 24.3 Å². The minimum atomic E-state index is -0.266. The van der Waals surface area contributed by atoms with Crippen LogP contribution in [0.3, 0.4) is 0 Å². The number of nitrogens with one attached hydrogen (secondary N) is 1. The van der Waals surface area contributed by atoms with Gasteiger partial charge in [-0.2, -0.15) is 0 Å². The van der Waals surface area contributed by atoms with E-state index in [1.807, 2.05) is 18.2 Å². The van der Waals surface area contributed by atoms with Crippen LogP contribution in [-0.2, 0) is 0 Å². The fraction of sp³-hybridized carbons (Fsp3) is 0.0625. The highest BCUT2D eigenvalue weighted by Gasteiger charge is 2.18. The Hall–Kier alpha value is -2.75. The monoisotopic (exact) mass is 267 g/mol. The number of carbonyl (C=O) groups is 1. The quantitative estimate of drug-likeness (QED) is 0.717. The van der Waals surface area contributed by atoms with E-state index in [4.69, 9.17) is 4.74 Å². The van der Waals surface area contributed by atoms with Gasteiger partial charge < -0.3 is 14.8 Å². The number of fused-ring (bicyclic) bond motifs is 1. The third-order valence-electron chi connectivity index (χ3n) is 3.24. The predicted octanol–water partition coefficient (Wildman–Crippen LogP) is 3.11. The average Bonchev–Trinajstić information content (AvgIpc) is 2.84. The molecule has 4 heteroatoms. The normalized spacial score (nSPS) is 10.7. The summed E-state index contributed by atoms with van der Waals surface area (Å²) in [6, 6.07) is 14.1. The second kappa shape index (κ2) is 4.74. The zero-order valence-corrected chi connectivity index (χ0v) is 10.9. The lowest BCUT2D eigenvalue weighted by molar-refractivity contribution is 0.103. The first-order chi connectivity index (χ1) is 9.70. The van der Waals surface area contributed by atoms with E-state index in [9.17, 15) is 9.90 Å². The topological polar surface area (TPSA) is 62.3 Å². The molecule has 2 N–H and O–H groups in total. The van der Waals surface area contributed by atoms with Crippen LogP contribution in [0.4, 0.5) is 0 Å². The molecular formula is C16H13NO3. The van der Waals surface area contributed by atoms with Gasteiger partial charge in [-0.3, -0.25) is 4.79 Å². The summed E-state index contributed by atoms with van der Waals surface area (Å²) in [6.07, 6.45) is 0. The van der Waals surface area contributed by atoms with Crippen molar-refractivity contribution < 1.29 is 14.6 Å². The Balaban J connectivity index is 2.10. The van der Waals surface area contributed by atoms with Gasteiger partial charge in [0.05, 0.1) is 7.11 Å². The molecule has 0 aliphatic rings. The average molecular weight is 267 g/mol. The molecule has 0 amide bonds. The summed E-state index contributed by atoms with van der Waals surface area (Å²) in [6.45, 7) is 0. The van der Waals surface area contributed by atoms with Crippen LogP contribution in [0, 0.1) is 0 Å². The van der Waals surface area contributed by atoms with E-state index in [2.05, 4.69) is 4.98 Å². The summed E-state index contributed by atoms with van der Waals surface area (Å²) in [5.74, 6) is 0.317. The Kier molecular flexibility index (Phi) is 2.91. The Morgan fingerprint density at radius 3 is 2.70 bits per heavy atom. The molecule has 0 radical (unpaired) electrons. The number of H-pyrrole nitrogens is 1. The largest absolute Gasteiger partial charge is 0.505 e. The van der Waals surface area contributed by atoms with E-state index < -0.39 is 0 Å². The predicted molar refractivity (Wildman–Crippen MR) is 76.4 cm³/mol. The first-order valence-corrected chi connectivity index (χ1v) is 6.19. The summed E-state index contributed by atoms with van der Waals surface area (Å²) >= 11 is 0. The molecule has 0 unspecified atom stereocenters. The zero-order chi connectivity index (χ0) is 14.1. The van der Waals surface area contributed by atoms with E-state index in [0.29, 0.717) is 16.7 Å². The van der Waals surface area contributed by atoms with E-state index in [0.717, 1.165) is 5.52 Å². The molecule has 0 atom stereocenters. The van der Waals surface area contributed by atoms with Crippen molar-refractivity contribution in [1.82, 2.24) is 4.98 Å². The summed E-state index contributed by atoms with van der Waals surface area (Å²) in [7, 11) is 1.55. The maximum Gasteiger partial charge on any atom is 0.213 e. The zero-order valence-electron chi connectivity index (χ0n) is 10.9. The molecule has 100 valence electrons. The number of para-hydroxylation sites is 1. The number of benzene rings is 2. The van der Waals surface area contributed by atoms with Crippen LogP contribution in [-0.4, -0.2) is 23.0 Å². The Morgan fingerprint density at radius 1 is 1.15 bits per heavy atom. The van der Waals surface area contributed by atoms with Crippen molar-refractivity contribution in [2.24, 2.45) is 0 Å². The molecule has 0 saturated heterocycles. The van der Waals surface area contributed by atoms with E-state index in [1.165, 1.54) is 0 Å². The second-order valence-corrected chi connectivity index (χ2v) is 4.46. The lowest BCUT2D eigenvalue weighted by Gasteiger charge is -2.03. The maximum atomic E-state index is 12.5. The van der Waals surface area contributed by atoms with Crippen LogP contribution in [0.5, 0.6) is 11.5 Å². The molecule has 4 nitrogen and oxygen atoms in total. The highest BCUT2D eigenvalue weighted by Crippen LogP contribution is 2.30. The number of carbonyl (C=O) groups excluding carboxylic acids is 1. The SMILES string of the molecule is COc1cccc(C(=O)c2[nH]c3ccccc3c2O)c1. The number of rotatable bonds is 3. The first kappa shape index (κ1) is 12.3. The molecule has 0 bridgehead atoms. The molecular weight excluding hydrogens is 254 g/mol. The van der Waals surface area contributed by atoms with E-state index >= 15 is 0 Å². The van der Waals surface area contributed by atoms with Gasteiger partial charge in [0.25, 0.3) is 0 Å². The van der Waals surface area contributed by atoms with Crippen LogP contribution >= 0.6 is 0 Å². The van der Waals surface area contributed by atoms with Gasteiger partial charge in [-0.25, -0.2) is 0 Å². The van der Waals surface area contributed by atoms with Gasteiger partial charge in [-0.05, 0) is 24.3 Å². The molecule has 1 heterocycles. The van der Waals surface area contributed by atoms with Crippen molar-refractivity contribution in [3.8, 4) is 11.5 Å². The maximum absolute atomic E-state index is 12.5. The Labute approximate surface area is 115 Å². The number of aromatic amines is 1. The van der Waals surface area contributed by atoms with Crippen molar-refractivity contribution in [3.63, 3.8) is 0 Å². The van der Waals surface area contributed by atoms with Crippen molar-refractivity contribution in [3.05, 3.63) is 59.8 Å². The third-order valence-corrected chi connectivity index (χ3v) is 3.24. The highest BCUT2D eigenvalue weighted by molar-refractivity contribution is 6.13. The summed E-state index contributed by atoms with van der Waals surface area (Å²) in [5, 5.41) is 10.8. The van der Waals surface area contributed by atoms with Crippen LogP contribution < -0.4 is 4.74 Å². The van der Waals surface area contributed by atoms with Gasteiger partial charge in [0.2, 0.25) is 5.78 Å². The lowest BCUT2D eigenvalue weighted by atomic mass is 10.1. The molecule has 0 aliphatic heterocycles. The van der Waals surface area contributed by atoms with Gasteiger partial charge in [-0.15, -0.1) is 0 Å². The number of aromatic nitrogens is 1. The van der Waals surface area contributed by atoms with Crippen molar-refractivity contribution in [2.45, 2.75) is 0 Å². The third kappa shape index (κ3) is 1.91. The molecule has 20 heavy (non-hydrogen) atoms. The van der Waals surface area contributed by atoms with Crippen molar-refractivity contribution in [1.29, 1.82) is 0 Å². The molecule has 2 aromatic carbocycles. The Bertz CT molecular complexity index is 789. The van der Waals surface area contributed by atoms with Crippen LogP contribution in [0.15, 0.2) is 48.5 Å². The number of hydrogen-bond donors (Lipinski definition) is 2. The van der Waals surface area contributed by atoms with Gasteiger partial charge in [0.1, 0.15) is 11.4 Å². The number of aromatic hydroxyl groups is 1. The molecule has 0 aliphatic carbocycles. The molecule has 3 aromatic rings. The highest BCUT2D eigenvalue weighted by atomic mass is 16.5. The first-order valence-electron chi connectivity index (χ1n) is 6.19. The molecule has 1 aromatic heterocycles. The lowest BCUT2D eigenvalue weighted by Crippen LogP contribution is -2.02. The van der Waals surface area contributed by atoms with Crippen LogP contribution in [0.25, 0.3) is 10.9 Å². The minimum Gasteiger partial charge on any atom is -0.505 e. The number of hydrogen-bond acceptors (Lipinski definition) is 3. The minimum absolute atomic E-state index is 0.0200. The smallest absolute Gasteiger partial charge is 0.213 e. The summed E-state index contributed by atoms with van der Waals surface area (Å²) in [5.41, 5.74) is 1.39. The van der Waals surface area contributed by atoms with E-state index in [1.54, 1.807) is 37.4 Å². The molecule has 0 spiro atoms. The summed E-state index contributed by atoms with van der Waals surface area (Å²) < 4.78 is 5.11. The standard InChI is InChI=1S/C16H13NO3/c1-20-11-6-4-5-10(9-11)15(18)14-16(19)12-7-2-3-8-13(12)17-14/h2-9,17,19H,1H3. The van der Waals surface area contributed by atoms with Gasteiger partial charge in [0, 0.05) is 16.5 Å². The number of methoxy groups -OCH3 is 1. The number of ether oxygens (including phenoxy) is 1. The Morgan fingerprint density at radius 2 is 1.95 bits per heavy atom. The van der Waals surface area contributed by atoms with Gasteiger partial charge >= 0.3 is 0 Å². The van der Waals surface area contributed by atoms with E-state index in [-0.39, 0.29) is 17.2 Å². The molecule has 0 fully saturated rings. The van der Waals surface area contributed by atoms with Crippen LogP contribution in [0.1, 0.15) is 16.1 Å². The fourth-order valence-electron chi connectivity index (χ4n) is 2.20.